The van der Waals surface area contributed by atoms with Crippen LogP contribution in [0.1, 0.15) is 10.4 Å². The van der Waals surface area contributed by atoms with Crippen LogP contribution in [-0.2, 0) is 6.54 Å². The fraction of sp³-hybridized carbons (Fsp3) is 0.188. The van der Waals surface area contributed by atoms with Crippen LogP contribution in [0.15, 0.2) is 42.1 Å². The van der Waals surface area contributed by atoms with E-state index in [-0.39, 0.29) is 15.7 Å². The van der Waals surface area contributed by atoms with E-state index < -0.39 is 4.92 Å². The first-order valence-corrected chi connectivity index (χ1v) is 9.26. The quantitative estimate of drug-likeness (QED) is 0.340. The molecule has 138 valence electrons. The van der Waals surface area contributed by atoms with E-state index in [1.54, 1.807) is 12.3 Å². The number of hydrogen-bond donors (Lipinski definition) is 1. The van der Waals surface area contributed by atoms with Gasteiger partial charge in [0.2, 0.25) is 0 Å². The van der Waals surface area contributed by atoms with Crippen LogP contribution < -0.4 is 5.32 Å². The Bertz CT molecular complexity index is 964. The fourth-order valence-corrected chi connectivity index (χ4v) is 3.56. The predicted octanol–water partition coefficient (Wildman–Crippen LogP) is 3.30. The third-order valence-electron chi connectivity index (χ3n) is 3.74. The summed E-state index contributed by atoms with van der Waals surface area (Å²) in [4.78, 5) is 21.4. The van der Waals surface area contributed by atoms with Crippen molar-refractivity contribution in [2.75, 3.05) is 13.1 Å². The van der Waals surface area contributed by atoms with Gasteiger partial charge in [-0.3, -0.25) is 10.1 Å². The zero-order valence-electron chi connectivity index (χ0n) is 13.7. The number of halogens is 2. The highest BCUT2D eigenvalue weighted by Crippen LogP contribution is 2.27. The second-order valence-corrected chi connectivity index (χ2v) is 7.48. The lowest BCUT2D eigenvalue weighted by Crippen LogP contribution is -2.23. The number of nitriles is 1. The van der Waals surface area contributed by atoms with Gasteiger partial charge in [-0.05, 0) is 11.6 Å². The minimum Gasteiger partial charge on any atom is -0.364 e. The highest BCUT2D eigenvalue weighted by Gasteiger charge is 2.27. The predicted molar refractivity (Wildman–Crippen MR) is 102 cm³/mol. The molecule has 0 radical (unpaired) electrons. The van der Waals surface area contributed by atoms with Crippen LogP contribution in [0.25, 0.3) is 5.57 Å². The molecule has 0 spiro atoms. The molecule has 0 amide bonds. The van der Waals surface area contributed by atoms with Crippen molar-refractivity contribution in [1.29, 1.82) is 5.26 Å². The van der Waals surface area contributed by atoms with Crippen LogP contribution in [0.5, 0.6) is 0 Å². The molecule has 3 rings (SSSR count). The van der Waals surface area contributed by atoms with E-state index in [2.05, 4.69) is 15.3 Å². The van der Waals surface area contributed by atoms with Gasteiger partial charge in [-0.25, -0.2) is 9.97 Å². The van der Waals surface area contributed by atoms with Crippen molar-refractivity contribution in [3.05, 3.63) is 72.3 Å². The Morgan fingerprint density at radius 3 is 2.85 bits per heavy atom. The molecule has 0 aliphatic carbocycles. The SMILES string of the molecule is N#C/C(=C\C(=C1/NCCN1Cc1ccc(Cl)nc1)[N+](=O)[O-])c1cnc(Cl)s1. The summed E-state index contributed by atoms with van der Waals surface area (Å²) in [6, 6.07) is 5.45. The molecular weight excluding hydrogens is 411 g/mol. The molecule has 3 heterocycles. The Morgan fingerprint density at radius 2 is 2.26 bits per heavy atom. The summed E-state index contributed by atoms with van der Waals surface area (Å²) in [5, 5.41) is 24.5. The lowest BCUT2D eigenvalue weighted by atomic mass is 10.2. The maximum atomic E-state index is 11.7. The number of nitro groups is 1. The summed E-state index contributed by atoms with van der Waals surface area (Å²) in [6.45, 7) is 1.55. The number of nitrogens with one attached hydrogen (secondary N) is 1. The third-order valence-corrected chi connectivity index (χ3v) is 5.11. The second kappa shape index (κ2) is 8.35. The van der Waals surface area contributed by atoms with Crippen LogP contribution in [0, 0.1) is 21.4 Å². The van der Waals surface area contributed by atoms with E-state index >= 15 is 0 Å². The van der Waals surface area contributed by atoms with Crippen molar-refractivity contribution in [2.24, 2.45) is 0 Å². The summed E-state index contributed by atoms with van der Waals surface area (Å²) in [5.74, 6) is 0.346. The number of nitrogens with zero attached hydrogens (tertiary/aromatic N) is 5. The molecule has 11 heteroatoms. The van der Waals surface area contributed by atoms with Gasteiger partial charge >= 0.3 is 5.70 Å². The highest BCUT2D eigenvalue weighted by atomic mass is 35.5. The maximum absolute atomic E-state index is 11.7. The minimum atomic E-state index is -0.513. The normalized spacial score (nSPS) is 16.0. The monoisotopic (exact) mass is 422 g/mol. The molecule has 1 aliphatic heterocycles. The van der Waals surface area contributed by atoms with Crippen molar-refractivity contribution in [3.63, 3.8) is 0 Å². The van der Waals surface area contributed by atoms with Gasteiger partial charge in [-0.1, -0.05) is 29.3 Å². The summed E-state index contributed by atoms with van der Waals surface area (Å²) in [5.41, 5.74) is 0.790. The number of rotatable bonds is 5. The topological polar surface area (TPSA) is 108 Å². The number of aromatic nitrogens is 2. The second-order valence-electron chi connectivity index (χ2n) is 5.48. The van der Waals surface area contributed by atoms with Gasteiger partial charge in [0, 0.05) is 38.1 Å². The molecule has 0 aromatic carbocycles. The lowest BCUT2D eigenvalue weighted by molar-refractivity contribution is -0.421. The molecule has 1 N–H and O–H groups in total. The minimum absolute atomic E-state index is 0.125. The third kappa shape index (κ3) is 4.54. The first-order valence-electron chi connectivity index (χ1n) is 7.69. The number of allylic oxidation sites excluding steroid dienone is 2. The summed E-state index contributed by atoms with van der Waals surface area (Å²) >= 11 is 12.7. The zero-order chi connectivity index (χ0) is 19.4. The molecule has 0 saturated carbocycles. The first-order chi connectivity index (χ1) is 13.0. The fourth-order valence-electron chi connectivity index (χ4n) is 2.54. The van der Waals surface area contributed by atoms with Crippen LogP contribution in [0.4, 0.5) is 0 Å². The van der Waals surface area contributed by atoms with Gasteiger partial charge in [0.15, 0.2) is 10.3 Å². The molecule has 1 aliphatic rings. The average molecular weight is 423 g/mol. The molecule has 27 heavy (non-hydrogen) atoms. The van der Waals surface area contributed by atoms with Crippen molar-refractivity contribution in [2.45, 2.75) is 6.54 Å². The van der Waals surface area contributed by atoms with E-state index in [4.69, 9.17) is 23.2 Å². The molecule has 0 unspecified atom stereocenters. The Hall–Kier alpha value is -2.67. The van der Waals surface area contributed by atoms with E-state index in [0.717, 1.165) is 16.9 Å². The van der Waals surface area contributed by atoms with Crippen molar-refractivity contribution in [1.82, 2.24) is 20.2 Å². The van der Waals surface area contributed by atoms with Gasteiger partial charge < -0.3 is 10.2 Å². The molecule has 0 bridgehead atoms. The smallest absolute Gasteiger partial charge is 0.310 e. The maximum Gasteiger partial charge on any atom is 0.310 e. The van der Waals surface area contributed by atoms with Crippen LogP contribution in [-0.4, -0.2) is 32.9 Å². The molecule has 1 fully saturated rings. The van der Waals surface area contributed by atoms with Crippen molar-refractivity contribution >= 4 is 40.1 Å². The molecule has 2 aromatic heterocycles. The largest absolute Gasteiger partial charge is 0.364 e. The van der Waals surface area contributed by atoms with E-state index in [9.17, 15) is 15.4 Å². The van der Waals surface area contributed by atoms with Crippen molar-refractivity contribution in [3.8, 4) is 6.07 Å². The standard InChI is InChI=1S/C16H12Cl2N6O2S/c17-14-2-1-10(7-21-14)9-23-4-3-20-15(23)12(24(25)26)5-11(6-19)13-8-22-16(18)27-13/h1-2,5,7-8,20H,3-4,9H2/b11-5+,15-12-. The zero-order valence-corrected chi connectivity index (χ0v) is 16.1. The highest BCUT2D eigenvalue weighted by molar-refractivity contribution is 7.16. The van der Waals surface area contributed by atoms with Crippen LogP contribution in [0.2, 0.25) is 9.62 Å². The first kappa shape index (κ1) is 19.1. The van der Waals surface area contributed by atoms with E-state index in [0.29, 0.717) is 35.5 Å². The number of pyridine rings is 1. The van der Waals surface area contributed by atoms with Gasteiger partial charge in [-0.15, -0.1) is 11.3 Å². The Morgan fingerprint density at radius 1 is 1.44 bits per heavy atom. The Labute approximate surface area is 168 Å². The average Bonchev–Trinajstić information content (AvgIpc) is 3.27. The molecular formula is C16H12Cl2N6O2S. The van der Waals surface area contributed by atoms with Crippen LogP contribution >= 0.6 is 34.5 Å². The van der Waals surface area contributed by atoms with Gasteiger partial charge in [0.05, 0.1) is 15.4 Å². The lowest BCUT2D eigenvalue weighted by Gasteiger charge is -2.18. The Kier molecular flexibility index (Phi) is 5.91. The van der Waals surface area contributed by atoms with E-state index in [1.165, 1.54) is 12.3 Å². The number of hydrogen-bond acceptors (Lipinski definition) is 8. The Balaban J connectivity index is 1.96. The number of thiazole rings is 1. The van der Waals surface area contributed by atoms with Gasteiger partial charge in [0.25, 0.3) is 0 Å². The van der Waals surface area contributed by atoms with Gasteiger partial charge in [0.1, 0.15) is 11.2 Å². The summed E-state index contributed by atoms with van der Waals surface area (Å²) in [7, 11) is 0. The van der Waals surface area contributed by atoms with E-state index in [1.807, 2.05) is 17.0 Å². The molecule has 8 nitrogen and oxygen atoms in total. The molecule has 2 aromatic rings. The van der Waals surface area contributed by atoms with Gasteiger partial charge in [-0.2, -0.15) is 5.26 Å². The summed E-state index contributed by atoms with van der Waals surface area (Å²) in [6.07, 6.45) is 4.29. The van der Waals surface area contributed by atoms with Crippen LogP contribution in [0.3, 0.4) is 0 Å². The van der Waals surface area contributed by atoms with Crippen molar-refractivity contribution < 1.29 is 4.92 Å². The molecule has 0 atom stereocenters. The molecule has 1 saturated heterocycles. The summed E-state index contributed by atoms with van der Waals surface area (Å²) < 4.78 is 0.261.